The van der Waals surface area contributed by atoms with Crippen molar-refractivity contribution in [3.63, 3.8) is 0 Å². The smallest absolute Gasteiger partial charge is 0.257 e. The van der Waals surface area contributed by atoms with Crippen LogP contribution in [0.15, 0.2) is 16.8 Å². The molecule has 0 bridgehead atoms. The molecule has 0 saturated heterocycles. The fourth-order valence-electron chi connectivity index (χ4n) is 1.59. The van der Waals surface area contributed by atoms with Gasteiger partial charge in [-0.3, -0.25) is 4.79 Å². The van der Waals surface area contributed by atoms with Crippen LogP contribution in [0.2, 0.25) is 0 Å². The minimum absolute atomic E-state index is 0.135. The molecule has 1 atom stereocenters. The summed E-state index contributed by atoms with van der Waals surface area (Å²) in [7, 11) is 3.95. The summed E-state index contributed by atoms with van der Waals surface area (Å²) in [5, 5.41) is 7.47. The van der Waals surface area contributed by atoms with E-state index in [1.54, 1.807) is 6.07 Å². The molecule has 1 N–H and O–H groups in total. The number of aryl methyl sites for hydroxylation is 1. The van der Waals surface area contributed by atoms with E-state index < -0.39 is 0 Å². The summed E-state index contributed by atoms with van der Waals surface area (Å²) < 4.78 is 5.01. The molecule has 102 valence electrons. The van der Waals surface area contributed by atoms with E-state index in [1.165, 1.54) is 6.20 Å². The van der Waals surface area contributed by atoms with Crippen LogP contribution in [-0.4, -0.2) is 47.6 Å². The van der Waals surface area contributed by atoms with Gasteiger partial charge < -0.3 is 14.7 Å². The molecular formula is C13H18N4O2. The zero-order chi connectivity index (χ0) is 14.0. The van der Waals surface area contributed by atoms with Crippen molar-refractivity contribution in [1.29, 1.82) is 0 Å². The van der Waals surface area contributed by atoms with Gasteiger partial charge in [0.1, 0.15) is 0 Å². The zero-order valence-corrected chi connectivity index (χ0v) is 11.6. The van der Waals surface area contributed by atoms with Crippen molar-refractivity contribution >= 4 is 17.0 Å². The third kappa shape index (κ3) is 2.90. The maximum absolute atomic E-state index is 12.0. The van der Waals surface area contributed by atoms with Crippen LogP contribution in [0, 0.1) is 6.92 Å². The van der Waals surface area contributed by atoms with E-state index in [-0.39, 0.29) is 11.9 Å². The SMILES string of the molecule is Cc1noc2ncc(C(=O)NC[C@@H](C)N(C)C)cc12. The van der Waals surface area contributed by atoms with Crippen LogP contribution < -0.4 is 5.32 Å². The molecule has 0 aliphatic carbocycles. The largest absolute Gasteiger partial charge is 0.350 e. The molecule has 2 heterocycles. The number of aromatic nitrogens is 2. The fourth-order valence-corrected chi connectivity index (χ4v) is 1.59. The predicted octanol–water partition coefficient (Wildman–Crippen LogP) is 1.21. The van der Waals surface area contributed by atoms with Crippen molar-refractivity contribution in [3.8, 4) is 0 Å². The van der Waals surface area contributed by atoms with E-state index in [9.17, 15) is 4.79 Å². The molecule has 2 aromatic heterocycles. The van der Waals surface area contributed by atoms with Crippen molar-refractivity contribution in [2.75, 3.05) is 20.6 Å². The van der Waals surface area contributed by atoms with Crippen LogP contribution in [0.3, 0.4) is 0 Å². The van der Waals surface area contributed by atoms with Gasteiger partial charge in [-0.25, -0.2) is 4.98 Å². The number of nitrogens with one attached hydrogen (secondary N) is 1. The lowest BCUT2D eigenvalue weighted by molar-refractivity contribution is 0.0943. The first-order valence-electron chi connectivity index (χ1n) is 6.15. The summed E-state index contributed by atoms with van der Waals surface area (Å²) in [6.45, 7) is 4.46. The molecular weight excluding hydrogens is 244 g/mol. The van der Waals surface area contributed by atoms with E-state index in [1.807, 2.05) is 32.8 Å². The Morgan fingerprint density at radius 2 is 2.26 bits per heavy atom. The normalized spacial score (nSPS) is 12.9. The Labute approximate surface area is 111 Å². The highest BCUT2D eigenvalue weighted by Gasteiger charge is 2.12. The predicted molar refractivity (Wildman–Crippen MR) is 72.0 cm³/mol. The standard InChI is InChI=1S/C13H18N4O2/c1-8(17(3)4)6-14-12(18)10-5-11-9(2)16-19-13(11)15-7-10/h5,7-8H,6H2,1-4H3,(H,14,18)/t8-/m1/s1. The Morgan fingerprint density at radius 3 is 2.95 bits per heavy atom. The molecule has 19 heavy (non-hydrogen) atoms. The number of fused-ring (bicyclic) bond motifs is 1. The molecule has 0 aliphatic rings. The Morgan fingerprint density at radius 1 is 1.53 bits per heavy atom. The Kier molecular flexibility index (Phi) is 3.80. The number of likely N-dealkylation sites (N-methyl/N-ethyl adjacent to an activating group) is 1. The van der Waals surface area contributed by atoms with Crippen molar-refractivity contribution in [3.05, 3.63) is 23.5 Å². The van der Waals surface area contributed by atoms with Gasteiger partial charge in [-0.05, 0) is 34.0 Å². The third-order valence-corrected chi connectivity index (χ3v) is 3.21. The van der Waals surface area contributed by atoms with Crippen molar-refractivity contribution in [2.45, 2.75) is 19.9 Å². The molecule has 0 aliphatic heterocycles. The second-order valence-corrected chi connectivity index (χ2v) is 4.87. The lowest BCUT2D eigenvalue weighted by Gasteiger charge is -2.19. The van der Waals surface area contributed by atoms with Crippen LogP contribution in [0.1, 0.15) is 23.0 Å². The summed E-state index contributed by atoms with van der Waals surface area (Å²) in [6, 6.07) is 2.03. The number of nitrogens with zero attached hydrogens (tertiary/aromatic N) is 3. The lowest BCUT2D eigenvalue weighted by atomic mass is 10.2. The summed E-state index contributed by atoms with van der Waals surface area (Å²) >= 11 is 0. The monoisotopic (exact) mass is 262 g/mol. The summed E-state index contributed by atoms with van der Waals surface area (Å²) in [5.74, 6) is -0.135. The van der Waals surface area contributed by atoms with Gasteiger partial charge in [0.15, 0.2) is 0 Å². The lowest BCUT2D eigenvalue weighted by Crippen LogP contribution is -2.38. The van der Waals surface area contributed by atoms with E-state index in [0.717, 1.165) is 11.1 Å². The molecule has 6 heteroatoms. The second-order valence-electron chi connectivity index (χ2n) is 4.87. The fraction of sp³-hybridized carbons (Fsp3) is 0.462. The quantitative estimate of drug-likeness (QED) is 0.896. The first-order valence-corrected chi connectivity index (χ1v) is 6.15. The van der Waals surface area contributed by atoms with Gasteiger partial charge in [-0.1, -0.05) is 5.16 Å². The number of carbonyl (C=O) groups is 1. The molecule has 0 fully saturated rings. The maximum Gasteiger partial charge on any atom is 0.257 e. The Bertz CT molecular complexity index is 591. The van der Waals surface area contributed by atoms with Crippen molar-refractivity contribution in [2.24, 2.45) is 0 Å². The average molecular weight is 262 g/mol. The number of hydrogen-bond acceptors (Lipinski definition) is 5. The summed E-state index contributed by atoms with van der Waals surface area (Å²) in [6.07, 6.45) is 1.50. The van der Waals surface area contributed by atoms with Crippen LogP contribution in [0.4, 0.5) is 0 Å². The molecule has 0 radical (unpaired) electrons. The van der Waals surface area contributed by atoms with Gasteiger partial charge in [0, 0.05) is 18.8 Å². The molecule has 0 unspecified atom stereocenters. The molecule has 0 aromatic carbocycles. The molecule has 6 nitrogen and oxygen atoms in total. The van der Waals surface area contributed by atoms with Crippen molar-refractivity contribution < 1.29 is 9.32 Å². The second kappa shape index (κ2) is 5.36. The number of rotatable bonds is 4. The highest BCUT2D eigenvalue weighted by molar-refractivity contribution is 5.96. The van der Waals surface area contributed by atoms with E-state index in [4.69, 9.17) is 4.52 Å². The van der Waals surface area contributed by atoms with Crippen LogP contribution in [0.25, 0.3) is 11.1 Å². The summed E-state index contributed by atoms with van der Waals surface area (Å²) in [4.78, 5) is 18.2. The maximum atomic E-state index is 12.0. The Balaban J connectivity index is 2.11. The molecule has 1 amide bonds. The Hall–Kier alpha value is -1.95. The number of hydrogen-bond donors (Lipinski definition) is 1. The highest BCUT2D eigenvalue weighted by Crippen LogP contribution is 2.16. The van der Waals surface area contributed by atoms with Crippen LogP contribution in [-0.2, 0) is 0 Å². The first-order chi connectivity index (χ1) is 8.99. The third-order valence-electron chi connectivity index (χ3n) is 3.21. The van der Waals surface area contributed by atoms with Crippen LogP contribution >= 0.6 is 0 Å². The molecule has 0 saturated carbocycles. The number of carbonyl (C=O) groups excluding carboxylic acids is 1. The van der Waals surface area contributed by atoms with Gasteiger partial charge in [0.05, 0.1) is 16.6 Å². The number of pyridine rings is 1. The van der Waals surface area contributed by atoms with Gasteiger partial charge in [-0.2, -0.15) is 0 Å². The molecule has 0 spiro atoms. The molecule has 2 aromatic rings. The van der Waals surface area contributed by atoms with Crippen LogP contribution in [0.5, 0.6) is 0 Å². The topological polar surface area (TPSA) is 71.3 Å². The number of amides is 1. The van der Waals surface area contributed by atoms with Gasteiger partial charge in [-0.15, -0.1) is 0 Å². The average Bonchev–Trinajstić information content (AvgIpc) is 2.76. The van der Waals surface area contributed by atoms with E-state index in [2.05, 4.69) is 15.5 Å². The summed E-state index contributed by atoms with van der Waals surface area (Å²) in [5.41, 5.74) is 1.71. The van der Waals surface area contributed by atoms with Crippen molar-refractivity contribution in [1.82, 2.24) is 20.4 Å². The first kappa shape index (κ1) is 13.5. The van der Waals surface area contributed by atoms with E-state index >= 15 is 0 Å². The van der Waals surface area contributed by atoms with Gasteiger partial charge in [0.25, 0.3) is 11.6 Å². The van der Waals surface area contributed by atoms with Gasteiger partial charge in [0.2, 0.25) is 0 Å². The minimum atomic E-state index is -0.135. The van der Waals surface area contributed by atoms with E-state index in [0.29, 0.717) is 17.8 Å². The van der Waals surface area contributed by atoms with Gasteiger partial charge >= 0.3 is 0 Å². The zero-order valence-electron chi connectivity index (χ0n) is 11.6. The minimum Gasteiger partial charge on any atom is -0.350 e. The molecule has 2 rings (SSSR count). The highest BCUT2D eigenvalue weighted by atomic mass is 16.5.